The molecular formula is C32H28BrFN2O5S. The predicted octanol–water partition coefficient (Wildman–Crippen LogP) is 5.60. The maximum atomic E-state index is 14.1. The molecule has 0 aliphatic carbocycles. The van der Waals surface area contributed by atoms with Gasteiger partial charge in [0.25, 0.3) is 5.56 Å². The van der Waals surface area contributed by atoms with Gasteiger partial charge in [-0.05, 0) is 56.2 Å². The molecule has 216 valence electrons. The number of fused-ring (bicyclic) bond motifs is 1. The molecule has 3 aromatic carbocycles. The molecule has 10 heteroatoms. The highest BCUT2D eigenvalue weighted by atomic mass is 79.9. The van der Waals surface area contributed by atoms with Crippen molar-refractivity contribution < 1.29 is 23.4 Å². The van der Waals surface area contributed by atoms with Crippen LogP contribution in [0.5, 0.6) is 11.5 Å². The second-order valence-corrected chi connectivity index (χ2v) is 11.5. The SMILES string of the molecule is CCOC(=O)C1=C(C)N=c2s/c(=C/c3cc(OC)c(OCc4ccccc4F)cc3Br)c(=O)n2[C@@H]1c1ccc(C)cc1. The number of thiazole rings is 1. The van der Waals surface area contributed by atoms with Gasteiger partial charge >= 0.3 is 5.97 Å². The summed E-state index contributed by atoms with van der Waals surface area (Å²) in [6.07, 6.45) is 1.74. The van der Waals surface area contributed by atoms with E-state index in [1.165, 1.54) is 24.5 Å². The summed E-state index contributed by atoms with van der Waals surface area (Å²) in [6, 6.07) is 16.9. The molecule has 0 bridgehead atoms. The van der Waals surface area contributed by atoms with E-state index < -0.39 is 12.0 Å². The summed E-state index contributed by atoms with van der Waals surface area (Å²) in [5, 5.41) is 0. The minimum absolute atomic E-state index is 0.0224. The van der Waals surface area contributed by atoms with Gasteiger partial charge in [0.2, 0.25) is 0 Å². The van der Waals surface area contributed by atoms with E-state index in [2.05, 4.69) is 20.9 Å². The highest BCUT2D eigenvalue weighted by Crippen LogP contribution is 2.35. The third-order valence-corrected chi connectivity index (χ3v) is 8.49. The molecule has 0 unspecified atom stereocenters. The Bertz CT molecular complexity index is 1880. The molecule has 0 fully saturated rings. The number of allylic oxidation sites excluding steroid dienone is 1. The van der Waals surface area contributed by atoms with Gasteiger partial charge in [0.15, 0.2) is 16.3 Å². The van der Waals surface area contributed by atoms with Gasteiger partial charge in [-0.25, -0.2) is 14.2 Å². The van der Waals surface area contributed by atoms with E-state index >= 15 is 0 Å². The predicted molar refractivity (Wildman–Crippen MR) is 163 cm³/mol. The minimum Gasteiger partial charge on any atom is -0.493 e. The van der Waals surface area contributed by atoms with Gasteiger partial charge in [-0.1, -0.05) is 75.3 Å². The van der Waals surface area contributed by atoms with Crippen LogP contribution < -0.4 is 24.4 Å². The average molecular weight is 652 g/mol. The number of hydrogen-bond acceptors (Lipinski definition) is 7. The number of hydrogen-bond donors (Lipinski definition) is 0. The Hall–Kier alpha value is -4.02. The van der Waals surface area contributed by atoms with E-state index in [-0.39, 0.29) is 24.6 Å². The zero-order valence-electron chi connectivity index (χ0n) is 23.4. The second kappa shape index (κ2) is 12.5. The molecule has 0 radical (unpaired) electrons. The molecule has 4 aromatic rings. The van der Waals surface area contributed by atoms with Crippen molar-refractivity contribution in [3.8, 4) is 11.5 Å². The van der Waals surface area contributed by atoms with Gasteiger partial charge in [0.1, 0.15) is 12.4 Å². The lowest BCUT2D eigenvalue weighted by Crippen LogP contribution is -2.39. The molecule has 0 amide bonds. The fraction of sp³-hybridized carbons (Fsp3) is 0.219. The normalized spacial score (nSPS) is 14.8. The number of halogens is 2. The standard InChI is InChI=1S/C32H28BrFN2O5S/c1-5-40-31(38)28-19(3)35-32-36(29(28)20-12-10-18(2)11-13-20)30(37)27(42-32)15-22-14-25(39-4)26(16-23(22)33)41-17-21-8-6-7-9-24(21)34/h6-16,29H,5,17H2,1-4H3/b27-15+/t29-/m1/s1. The monoisotopic (exact) mass is 650 g/mol. The van der Waals surface area contributed by atoms with Crippen molar-refractivity contribution in [1.82, 2.24) is 4.57 Å². The number of aryl methyl sites for hydroxylation is 1. The van der Waals surface area contributed by atoms with E-state index in [1.54, 1.807) is 54.8 Å². The van der Waals surface area contributed by atoms with Crippen LogP contribution in [0.1, 0.15) is 42.1 Å². The van der Waals surface area contributed by atoms with E-state index in [4.69, 9.17) is 14.2 Å². The summed E-state index contributed by atoms with van der Waals surface area (Å²) < 4.78 is 33.5. The van der Waals surface area contributed by atoms with Crippen LogP contribution in [0.2, 0.25) is 0 Å². The number of ether oxygens (including phenoxy) is 3. The summed E-state index contributed by atoms with van der Waals surface area (Å²) in [5.74, 6) is -0.0169. The number of carbonyl (C=O) groups excluding carboxylic acids is 1. The molecular weight excluding hydrogens is 623 g/mol. The lowest BCUT2D eigenvalue weighted by Gasteiger charge is -2.24. The van der Waals surface area contributed by atoms with Crippen molar-refractivity contribution in [2.24, 2.45) is 4.99 Å². The molecule has 1 atom stereocenters. The Labute approximate surface area is 254 Å². The first-order chi connectivity index (χ1) is 20.2. The molecule has 2 heterocycles. The van der Waals surface area contributed by atoms with Crippen LogP contribution in [0.25, 0.3) is 6.08 Å². The van der Waals surface area contributed by atoms with Crippen LogP contribution in [-0.2, 0) is 16.1 Å². The summed E-state index contributed by atoms with van der Waals surface area (Å²) in [7, 11) is 1.51. The molecule has 42 heavy (non-hydrogen) atoms. The molecule has 0 N–H and O–H groups in total. The molecule has 0 spiro atoms. The van der Waals surface area contributed by atoms with E-state index in [0.29, 0.717) is 47.7 Å². The summed E-state index contributed by atoms with van der Waals surface area (Å²) >= 11 is 4.81. The molecule has 0 saturated heterocycles. The van der Waals surface area contributed by atoms with Crippen molar-refractivity contribution in [2.45, 2.75) is 33.4 Å². The summed E-state index contributed by atoms with van der Waals surface area (Å²) in [6.45, 7) is 5.70. The Kier molecular flexibility index (Phi) is 8.74. The Morgan fingerprint density at radius 3 is 2.55 bits per heavy atom. The van der Waals surface area contributed by atoms with Crippen molar-refractivity contribution in [3.05, 3.63) is 124 Å². The van der Waals surface area contributed by atoms with E-state index in [0.717, 1.165) is 11.1 Å². The third-order valence-electron chi connectivity index (χ3n) is 6.82. The second-order valence-electron chi connectivity index (χ2n) is 9.62. The number of nitrogens with zero attached hydrogens (tertiary/aromatic N) is 2. The molecule has 1 aromatic heterocycles. The smallest absolute Gasteiger partial charge is 0.338 e. The quantitative estimate of drug-likeness (QED) is 0.232. The van der Waals surface area contributed by atoms with E-state index in [1.807, 2.05) is 31.2 Å². The maximum absolute atomic E-state index is 14.1. The third kappa shape index (κ3) is 5.82. The highest BCUT2D eigenvalue weighted by molar-refractivity contribution is 9.10. The van der Waals surface area contributed by atoms with E-state index in [9.17, 15) is 14.0 Å². The summed E-state index contributed by atoms with van der Waals surface area (Å²) in [4.78, 5) is 32.1. The zero-order valence-corrected chi connectivity index (χ0v) is 25.8. The Morgan fingerprint density at radius 1 is 1.12 bits per heavy atom. The van der Waals surface area contributed by atoms with Gasteiger partial charge in [-0.3, -0.25) is 9.36 Å². The topological polar surface area (TPSA) is 79.1 Å². The van der Waals surface area contributed by atoms with Gasteiger partial charge in [-0.15, -0.1) is 0 Å². The Morgan fingerprint density at radius 2 is 1.86 bits per heavy atom. The van der Waals surface area contributed by atoms with Crippen LogP contribution in [0.15, 0.2) is 86.2 Å². The summed E-state index contributed by atoms with van der Waals surface area (Å²) in [5.41, 5.74) is 3.48. The molecule has 1 aliphatic rings. The van der Waals surface area contributed by atoms with Crippen LogP contribution in [0.4, 0.5) is 4.39 Å². The van der Waals surface area contributed by atoms with Crippen molar-refractivity contribution in [1.29, 1.82) is 0 Å². The van der Waals surface area contributed by atoms with Crippen molar-refractivity contribution >= 4 is 39.3 Å². The fourth-order valence-corrected chi connectivity index (χ4v) is 6.18. The lowest BCUT2D eigenvalue weighted by atomic mass is 9.95. The Balaban J connectivity index is 1.58. The van der Waals surface area contributed by atoms with Gasteiger partial charge < -0.3 is 14.2 Å². The first kappa shape index (κ1) is 29.5. The first-order valence-electron chi connectivity index (χ1n) is 13.2. The number of rotatable bonds is 8. The number of methoxy groups -OCH3 is 1. The van der Waals surface area contributed by atoms with Crippen LogP contribution in [-0.4, -0.2) is 24.3 Å². The van der Waals surface area contributed by atoms with Gasteiger partial charge in [0, 0.05) is 10.0 Å². The van der Waals surface area contributed by atoms with Gasteiger partial charge in [0.05, 0.1) is 35.6 Å². The number of benzene rings is 3. The van der Waals surface area contributed by atoms with Crippen LogP contribution >= 0.6 is 27.3 Å². The average Bonchev–Trinajstić information content (AvgIpc) is 3.27. The van der Waals surface area contributed by atoms with Crippen LogP contribution in [0.3, 0.4) is 0 Å². The number of carbonyl (C=O) groups is 1. The van der Waals surface area contributed by atoms with Crippen molar-refractivity contribution in [3.63, 3.8) is 0 Å². The molecule has 5 rings (SSSR count). The molecule has 7 nitrogen and oxygen atoms in total. The highest BCUT2D eigenvalue weighted by Gasteiger charge is 2.33. The number of esters is 1. The van der Waals surface area contributed by atoms with Crippen LogP contribution in [0, 0.1) is 12.7 Å². The zero-order chi connectivity index (χ0) is 30.0. The minimum atomic E-state index is -0.685. The lowest BCUT2D eigenvalue weighted by molar-refractivity contribution is -0.139. The largest absolute Gasteiger partial charge is 0.493 e. The molecule has 1 aliphatic heterocycles. The van der Waals surface area contributed by atoms with Gasteiger partial charge in [-0.2, -0.15) is 0 Å². The first-order valence-corrected chi connectivity index (χ1v) is 14.8. The number of aromatic nitrogens is 1. The maximum Gasteiger partial charge on any atom is 0.338 e. The fourth-order valence-electron chi connectivity index (χ4n) is 4.70. The molecule has 0 saturated carbocycles. The van der Waals surface area contributed by atoms with Crippen molar-refractivity contribution in [2.75, 3.05) is 13.7 Å².